The molecule has 1 aliphatic heterocycles. The van der Waals surface area contributed by atoms with Crippen LogP contribution in [-0.2, 0) is 9.53 Å². The molecule has 0 aliphatic carbocycles. The number of nitrogens with zero attached hydrogens (tertiary/aromatic N) is 1. The minimum absolute atomic E-state index is 0.00177. The predicted molar refractivity (Wildman–Crippen MR) is 239 cm³/mol. The van der Waals surface area contributed by atoms with Gasteiger partial charge >= 0.3 is 311 Å². The van der Waals surface area contributed by atoms with E-state index in [0.717, 1.165) is 49.4 Å². The van der Waals surface area contributed by atoms with Crippen molar-refractivity contribution in [3.8, 4) is 0 Å². The number of aliphatic hydroxyl groups is 1. The summed E-state index contributed by atoms with van der Waals surface area (Å²) >= 11 is 0. The van der Waals surface area contributed by atoms with E-state index in [4.69, 9.17) is 4.74 Å². The number of hydrogen-bond acceptors (Lipinski definition) is 4. The number of hydrogen-bond donors (Lipinski definition) is 2. The average Bonchev–Trinajstić information content (AvgIpc) is 3.16. The van der Waals surface area contributed by atoms with Gasteiger partial charge in [0.15, 0.2) is 0 Å². The van der Waals surface area contributed by atoms with Crippen LogP contribution in [0.1, 0.15) is 125 Å². The van der Waals surface area contributed by atoms with Gasteiger partial charge in [-0.05, 0) is 0 Å². The van der Waals surface area contributed by atoms with Gasteiger partial charge in [-0.3, -0.25) is 0 Å². The van der Waals surface area contributed by atoms with Gasteiger partial charge in [0.2, 0.25) is 0 Å². The molecule has 1 aliphatic rings. The maximum atomic E-state index is 12.5. The van der Waals surface area contributed by atoms with Crippen molar-refractivity contribution in [3.05, 3.63) is 103 Å². The molecule has 304 valence electrons. The van der Waals surface area contributed by atoms with Crippen molar-refractivity contribution >= 4 is 29.1 Å². The van der Waals surface area contributed by atoms with Crippen molar-refractivity contribution in [1.29, 1.82) is 0 Å². The second-order valence-corrected chi connectivity index (χ2v) is 22.2. The van der Waals surface area contributed by atoms with Crippen molar-refractivity contribution < 1.29 is 19.1 Å². The first-order valence-corrected chi connectivity index (χ1v) is 23.9. The normalized spacial score (nSPS) is 17.6. The van der Waals surface area contributed by atoms with Crippen LogP contribution in [0.5, 0.6) is 0 Å². The molecule has 6 heteroatoms. The van der Waals surface area contributed by atoms with Crippen LogP contribution in [0.15, 0.2) is 103 Å². The van der Waals surface area contributed by atoms with Crippen molar-refractivity contribution in [3.63, 3.8) is 0 Å². The molecule has 2 atom stereocenters. The fraction of sp³-hybridized carbons (Fsp3) is 0.571. The summed E-state index contributed by atoms with van der Waals surface area (Å²) in [6, 6.07) is 34.1. The Morgan fingerprint density at radius 3 is 1.60 bits per heavy atom. The number of carbonyl (C=O) groups is 1. The topological polar surface area (TPSA) is 58.6 Å². The number of nitrogens with one attached hydrogen (secondary N) is 1. The molecule has 3 aromatic carbocycles. The fourth-order valence-corrected chi connectivity index (χ4v) is 14.7. The zero-order valence-electron chi connectivity index (χ0n) is 35.5. The quantitative estimate of drug-likeness (QED) is 0.0313. The minimum atomic E-state index is -2.44. The van der Waals surface area contributed by atoms with E-state index in [9.17, 15) is 9.90 Å². The molecule has 2 N–H and O–H groups in total. The molecule has 0 radical (unpaired) electrons. The number of benzene rings is 3. The molecule has 4 rings (SSSR count). The summed E-state index contributed by atoms with van der Waals surface area (Å²) in [5.41, 5.74) is 0.285. The van der Waals surface area contributed by atoms with Crippen LogP contribution >= 0.6 is 7.26 Å². The number of carbonyl (C=O) groups excluding carboxylic acids is 1. The van der Waals surface area contributed by atoms with E-state index in [1.54, 1.807) is 6.92 Å². The Balaban J connectivity index is 1.69. The van der Waals surface area contributed by atoms with Crippen molar-refractivity contribution in [2.24, 2.45) is 0 Å². The molecule has 0 amide bonds. The molecule has 1 heterocycles. The molecule has 1 saturated heterocycles. The third-order valence-corrected chi connectivity index (χ3v) is 17.2. The first-order chi connectivity index (χ1) is 26.3. The Morgan fingerprint density at radius 1 is 0.745 bits per heavy atom. The number of quaternary nitrogens is 1. The molecule has 0 spiro atoms. The molecule has 5 nitrogen and oxygen atoms in total. The number of piperidine rings is 1. The Bertz CT molecular complexity index is 1450. The SMILES string of the molecule is C=C(C)C(=O)OCC(O)C[N+](CCCCCCCCCCCC)(CCC[PH](c1ccccc1)(c1ccccc1)c1ccccc1)C1CC(C)(C)NC(C)(C)C1. The molecular weight excluding hydrogens is 696 g/mol. The number of unbranched alkanes of at least 4 members (excludes halogenated alkanes) is 9. The molecule has 0 bridgehead atoms. The molecule has 0 saturated carbocycles. The van der Waals surface area contributed by atoms with E-state index in [-0.39, 0.29) is 17.7 Å². The number of rotatable bonds is 24. The van der Waals surface area contributed by atoms with Gasteiger partial charge in [0.25, 0.3) is 0 Å². The summed E-state index contributed by atoms with van der Waals surface area (Å²) in [6.07, 6.45) is 16.4. The summed E-state index contributed by atoms with van der Waals surface area (Å²) < 4.78 is 6.46. The zero-order valence-corrected chi connectivity index (χ0v) is 36.5. The molecule has 3 aromatic rings. The van der Waals surface area contributed by atoms with Gasteiger partial charge in [-0.25, -0.2) is 0 Å². The Hall–Kier alpha value is -2.82. The standard InChI is InChI=1S/C49H76N2O3P/c1-8-9-10-11-12-13-14-15-16-26-34-51(39-43(52)40-54-47(53)41(2)3,42-37-48(4,5)50-49(6,7)38-42)35-27-36-55(44-28-20-17-21-29-44,45-30-22-18-23-31-45)46-32-24-19-25-33-46/h17-25,28-33,42-43,50,52,55H,2,8-16,26-27,34-40H2,1,3-7H3/q+1. The van der Waals surface area contributed by atoms with E-state index in [1.165, 1.54) is 73.7 Å². The zero-order chi connectivity index (χ0) is 39.8. The van der Waals surface area contributed by atoms with E-state index < -0.39 is 19.3 Å². The second kappa shape index (κ2) is 21.6. The summed E-state index contributed by atoms with van der Waals surface area (Å²) in [7, 11) is -2.44. The summed E-state index contributed by atoms with van der Waals surface area (Å²) in [6.45, 7) is 19.7. The van der Waals surface area contributed by atoms with Crippen LogP contribution in [0, 0.1) is 0 Å². The van der Waals surface area contributed by atoms with Gasteiger partial charge in [-0.15, -0.1) is 0 Å². The van der Waals surface area contributed by atoms with Gasteiger partial charge in [0.05, 0.1) is 0 Å². The molecule has 1 fully saturated rings. The number of aliphatic hydroxyl groups excluding tert-OH is 1. The maximum absolute atomic E-state index is 12.5. The van der Waals surface area contributed by atoms with Crippen LogP contribution in [0.2, 0.25) is 0 Å². The van der Waals surface area contributed by atoms with Crippen LogP contribution in [0.4, 0.5) is 0 Å². The molecular formula is C49H76N2O3P+. The molecule has 55 heavy (non-hydrogen) atoms. The Labute approximate surface area is 336 Å². The third kappa shape index (κ3) is 13.4. The Morgan fingerprint density at radius 2 is 1.16 bits per heavy atom. The van der Waals surface area contributed by atoms with Gasteiger partial charge in [-0.1, -0.05) is 26.2 Å². The molecule has 2 unspecified atom stereocenters. The van der Waals surface area contributed by atoms with Gasteiger partial charge in [0, 0.05) is 0 Å². The van der Waals surface area contributed by atoms with Gasteiger partial charge in [-0.2, -0.15) is 0 Å². The van der Waals surface area contributed by atoms with E-state index in [1.807, 2.05) is 0 Å². The summed E-state index contributed by atoms with van der Waals surface area (Å²) in [4.78, 5) is 12.5. The van der Waals surface area contributed by atoms with Crippen molar-refractivity contribution in [2.75, 3.05) is 32.4 Å². The van der Waals surface area contributed by atoms with Gasteiger partial charge < -0.3 is 0 Å². The number of ether oxygens (including phenoxy) is 1. The Kier molecular flexibility index (Phi) is 17.7. The monoisotopic (exact) mass is 772 g/mol. The van der Waals surface area contributed by atoms with E-state index in [2.05, 4.69) is 138 Å². The van der Waals surface area contributed by atoms with Crippen LogP contribution in [0.3, 0.4) is 0 Å². The van der Waals surface area contributed by atoms with Crippen molar-refractivity contribution in [2.45, 2.75) is 148 Å². The summed E-state index contributed by atoms with van der Waals surface area (Å²) in [5, 5.41) is 20.1. The number of esters is 1. The second-order valence-electron chi connectivity index (χ2n) is 18.1. The fourth-order valence-electron chi connectivity index (χ4n) is 9.91. The average molecular weight is 772 g/mol. The third-order valence-electron chi connectivity index (χ3n) is 12.2. The van der Waals surface area contributed by atoms with E-state index >= 15 is 0 Å². The van der Waals surface area contributed by atoms with Crippen LogP contribution in [-0.4, -0.2) is 71.2 Å². The molecule has 0 aromatic heterocycles. The first kappa shape index (κ1) is 44.9. The van der Waals surface area contributed by atoms with E-state index in [0.29, 0.717) is 18.2 Å². The predicted octanol–water partition coefficient (Wildman–Crippen LogP) is 9.63. The summed E-state index contributed by atoms with van der Waals surface area (Å²) in [5.74, 6) is -0.430. The van der Waals surface area contributed by atoms with Crippen LogP contribution < -0.4 is 21.2 Å². The van der Waals surface area contributed by atoms with Crippen molar-refractivity contribution in [1.82, 2.24) is 5.32 Å². The first-order valence-electron chi connectivity index (χ1n) is 21.6. The van der Waals surface area contributed by atoms with Crippen LogP contribution in [0.25, 0.3) is 0 Å². The van der Waals surface area contributed by atoms with Gasteiger partial charge in [0.1, 0.15) is 0 Å².